The molecule has 10 heteroatoms. The van der Waals surface area contributed by atoms with Gasteiger partial charge in [-0.15, -0.1) is 12.4 Å². The van der Waals surface area contributed by atoms with Crippen molar-refractivity contribution in [1.82, 2.24) is 14.9 Å². The topological polar surface area (TPSA) is 108 Å². The van der Waals surface area contributed by atoms with Crippen molar-refractivity contribution in [3.05, 3.63) is 24.3 Å². The molecule has 0 bridgehead atoms. The summed E-state index contributed by atoms with van der Waals surface area (Å²) in [6.07, 6.45) is 2.32. The zero-order chi connectivity index (χ0) is 18.6. The number of sulfonamides is 1. The van der Waals surface area contributed by atoms with Gasteiger partial charge < -0.3 is 16.0 Å². The second kappa shape index (κ2) is 9.50. The van der Waals surface area contributed by atoms with Crippen molar-refractivity contribution >= 4 is 39.9 Å². The average Bonchev–Trinajstić information content (AvgIpc) is 3.14. The fourth-order valence-electron chi connectivity index (χ4n) is 3.22. The highest BCUT2D eigenvalue weighted by Crippen LogP contribution is 2.21. The number of halogens is 1. The minimum atomic E-state index is -3.77. The molecule has 2 heterocycles. The zero-order valence-corrected chi connectivity index (χ0v) is 16.6. The summed E-state index contributed by atoms with van der Waals surface area (Å²) in [5.74, 6) is 0.0900. The van der Waals surface area contributed by atoms with E-state index in [9.17, 15) is 18.0 Å². The molecule has 0 aliphatic carbocycles. The van der Waals surface area contributed by atoms with E-state index in [1.165, 1.54) is 12.1 Å². The van der Waals surface area contributed by atoms with E-state index in [0.29, 0.717) is 24.6 Å². The third kappa shape index (κ3) is 5.65. The van der Waals surface area contributed by atoms with Crippen LogP contribution in [0.15, 0.2) is 29.2 Å². The van der Waals surface area contributed by atoms with Gasteiger partial charge in [0, 0.05) is 25.2 Å². The second-order valence-electron chi connectivity index (χ2n) is 6.66. The first-order valence-electron chi connectivity index (χ1n) is 8.82. The van der Waals surface area contributed by atoms with E-state index in [1.54, 1.807) is 12.1 Å². The molecule has 0 aromatic heterocycles. The molecule has 3 N–H and O–H groups in total. The van der Waals surface area contributed by atoms with Crippen LogP contribution in [0.25, 0.3) is 0 Å². The summed E-state index contributed by atoms with van der Waals surface area (Å²) in [5, 5.41) is 8.64. The van der Waals surface area contributed by atoms with Crippen LogP contribution in [0.4, 0.5) is 5.69 Å². The Morgan fingerprint density at radius 2 is 2.11 bits per heavy atom. The Labute approximate surface area is 165 Å². The van der Waals surface area contributed by atoms with E-state index in [1.807, 2.05) is 0 Å². The number of piperazine rings is 1. The molecule has 1 aromatic rings. The van der Waals surface area contributed by atoms with Gasteiger partial charge in [-0.2, -0.15) is 4.31 Å². The van der Waals surface area contributed by atoms with Crippen molar-refractivity contribution in [1.29, 1.82) is 0 Å². The number of hydrogen-bond donors (Lipinski definition) is 3. The molecule has 2 amide bonds. The minimum Gasteiger partial charge on any atom is -0.354 e. The van der Waals surface area contributed by atoms with Crippen molar-refractivity contribution in [2.45, 2.75) is 24.2 Å². The van der Waals surface area contributed by atoms with E-state index in [4.69, 9.17) is 0 Å². The van der Waals surface area contributed by atoms with Gasteiger partial charge in [0.1, 0.15) is 0 Å². The predicted molar refractivity (Wildman–Crippen MR) is 104 cm³/mol. The second-order valence-corrected chi connectivity index (χ2v) is 8.60. The van der Waals surface area contributed by atoms with Crippen LogP contribution in [-0.4, -0.2) is 57.3 Å². The largest absolute Gasteiger partial charge is 0.354 e. The monoisotopic (exact) mass is 416 g/mol. The lowest BCUT2D eigenvalue weighted by Gasteiger charge is -2.26. The molecule has 0 spiro atoms. The summed E-state index contributed by atoms with van der Waals surface area (Å²) in [6, 6.07) is 6.17. The van der Waals surface area contributed by atoms with Crippen molar-refractivity contribution in [2.24, 2.45) is 5.92 Å². The molecule has 1 aromatic carbocycles. The Balaban J connectivity index is 0.00000261. The van der Waals surface area contributed by atoms with Gasteiger partial charge in [0.2, 0.25) is 21.8 Å². The molecule has 2 fully saturated rings. The van der Waals surface area contributed by atoms with E-state index in [0.717, 1.165) is 30.2 Å². The summed E-state index contributed by atoms with van der Waals surface area (Å²) in [6.45, 7) is 2.30. The number of hydrogen-bond acceptors (Lipinski definition) is 5. The molecule has 0 radical (unpaired) electrons. The summed E-state index contributed by atoms with van der Waals surface area (Å²) >= 11 is 0. The van der Waals surface area contributed by atoms with E-state index in [-0.39, 0.29) is 42.2 Å². The molecule has 8 nitrogen and oxygen atoms in total. The van der Waals surface area contributed by atoms with E-state index in [2.05, 4.69) is 16.0 Å². The van der Waals surface area contributed by atoms with E-state index >= 15 is 0 Å². The van der Waals surface area contributed by atoms with Gasteiger partial charge in [-0.25, -0.2) is 8.42 Å². The standard InChI is InChI=1S/C17H24N4O4S.ClH/c22-16(5-4-13-6-7-18-11-13)20-14-2-1-3-15(10-14)26(24,25)21-9-8-19-17(23)12-21;/h1-3,10,13,18H,4-9,11-12H2,(H,19,23)(H,20,22);1H. The minimum absolute atomic E-state index is 0. The maximum absolute atomic E-state index is 12.7. The van der Waals surface area contributed by atoms with Crippen LogP contribution in [0.2, 0.25) is 0 Å². The maximum atomic E-state index is 12.7. The fourth-order valence-corrected chi connectivity index (χ4v) is 4.67. The SMILES string of the molecule is Cl.O=C1CN(S(=O)(=O)c2cccc(NC(=O)CCC3CCNC3)c2)CCN1. The number of amides is 2. The van der Waals surface area contributed by atoms with Crippen LogP contribution in [0.3, 0.4) is 0 Å². The predicted octanol–water partition coefficient (Wildman–Crippen LogP) is 0.557. The zero-order valence-electron chi connectivity index (χ0n) is 14.9. The van der Waals surface area contributed by atoms with Crippen LogP contribution >= 0.6 is 12.4 Å². The van der Waals surface area contributed by atoms with Crippen molar-refractivity contribution in [3.8, 4) is 0 Å². The summed E-state index contributed by atoms with van der Waals surface area (Å²) < 4.78 is 26.5. The summed E-state index contributed by atoms with van der Waals surface area (Å²) in [7, 11) is -3.77. The smallest absolute Gasteiger partial charge is 0.243 e. The first kappa shape index (κ1) is 21.6. The molecule has 27 heavy (non-hydrogen) atoms. The van der Waals surface area contributed by atoms with Crippen LogP contribution in [0.1, 0.15) is 19.3 Å². The van der Waals surface area contributed by atoms with Gasteiger partial charge in [-0.05, 0) is 50.0 Å². The Hall–Kier alpha value is -1.68. The number of nitrogens with one attached hydrogen (secondary N) is 3. The Bertz CT molecular complexity index is 781. The molecule has 0 saturated carbocycles. The first-order valence-corrected chi connectivity index (χ1v) is 10.3. The number of anilines is 1. The Kier molecular flexibility index (Phi) is 7.60. The molecule has 2 aliphatic heterocycles. The Morgan fingerprint density at radius 1 is 1.30 bits per heavy atom. The number of carbonyl (C=O) groups is 2. The lowest BCUT2D eigenvalue weighted by atomic mass is 10.0. The summed E-state index contributed by atoms with van der Waals surface area (Å²) in [4.78, 5) is 23.7. The molecule has 2 aliphatic rings. The van der Waals surface area contributed by atoms with Gasteiger partial charge in [0.15, 0.2) is 0 Å². The van der Waals surface area contributed by atoms with Gasteiger partial charge in [-0.3, -0.25) is 9.59 Å². The molecule has 150 valence electrons. The number of rotatable bonds is 6. The highest BCUT2D eigenvalue weighted by molar-refractivity contribution is 7.89. The molecular weight excluding hydrogens is 392 g/mol. The highest BCUT2D eigenvalue weighted by Gasteiger charge is 2.29. The van der Waals surface area contributed by atoms with Crippen molar-refractivity contribution in [2.75, 3.05) is 38.0 Å². The van der Waals surface area contributed by atoms with Gasteiger partial charge in [-0.1, -0.05) is 6.07 Å². The number of carbonyl (C=O) groups excluding carboxylic acids is 2. The maximum Gasteiger partial charge on any atom is 0.243 e. The number of benzene rings is 1. The van der Waals surface area contributed by atoms with E-state index < -0.39 is 10.0 Å². The highest BCUT2D eigenvalue weighted by atomic mass is 35.5. The normalized spacial score (nSPS) is 20.6. The molecule has 1 unspecified atom stereocenters. The van der Waals surface area contributed by atoms with Crippen LogP contribution in [-0.2, 0) is 19.6 Å². The van der Waals surface area contributed by atoms with Crippen molar-refractivity contribution in [3.63, 3.8) is 0 Å². The van der Waals surface area contributed by atoms with Crippen LogP contribution in [0, 0.1) is 5.92 Å². The molecule has 2 saturated heterocycles. The lowest BCUT2D eigenvalue weighted by Crippen LogP contribution is -2.49. The lowest BCUT2D eigenvalue weighted by molar-refractivity contribution is -0.122. The quantitative estimate of drug-likeness (QED) is 0.628. The van der Waals surface area contributed by atoms with Gasteiger partial charge >= 0.3 is 0 Å². The molecule has 3 rings (SSSR count). The summed E-state index contributed by atoms with van der Waals surface area (Å²) in [5.41, 5.74) is 0.446. The number of nitrogens with zero attached hydrogens (tertiary/aromatic N) is 1. The van der Waals surface area contributed by atoms with Gasteiger partial charge in [0.25, 0.3) is 0 Å². The Morgan fingerprint density at radius 3 is 2.81 bits per heavy atom. The third-order valence-corrected chi connectivity index (χ3v) is 6.54. The molecular formula is C17H25ClN4O4S. The van der Waals surface area contributed by atoms with Crippen molar-refractivity contribution < 1.29 is 18.0 Å². The third-order valence-electron chi connectivity index (χ3n) is 4.70. The van der Waals surface area contributed by atoms with Crippen LogP contribution in [0.5, 0.6) is 0 Å². The van der Waals surface area contributed by atoms with Crippen LogP contribution < -0.4 is 16.0 Å². The average molecular weight is 417 g/mol. The fraction of sp³-hybridized carbons (Fsp3) is 0.529. The molecule has 1 atom stereocenters. The first-order chi connectivity index (χ1) is 12.4. The van der Waals surface area contributed by atoms with Gasteiger partial charge in [0.05, 0.1) is 11.4 Å².